The zero-order valence-electron chi connectivity index (χ0n) is 59.1. The minimum Gasteiger partial charge on any atom is -0.508 e. The molecule has 0 unspecified atom stereocenters. The van der Waals surface area contributed by atoms with Crippen molar-refractivity contribution in [2.45, 2.75) is 132 Å². The third-order valence-electron chi connectivity index (χ3n) is 14.8. The Hall–Kier alpha value is -6.86. The predicted molar refractivity (Wildman–Crippen MR) is 426 cm³/mol. The van der Waals surface area contributed by atoms with Crippen LogP contribution in [-0.2, 0) is 0 Å². The van der Waals surface area contributed by atoms with E-state index in [0.29, 0.717) is 32.3 Å². The van der Waals surface area contributed by atoms with Crippen molar-refractivity contribution in [1.29, 1.82) is 0 Å². The van der Waals surface area contributed by atoms with Crippen molar-refractivity contribution in [1.82, 2.24) is 0 Å². The van der Waals surface area contributed by atoms with Gasteiger partial charge in [-0.3, -0.25) is 0 Å². The van der Waals surface area contributed by atoms with Gasteiger partial charge in [0, 0.05) is 30.1 Å². The van der Waals surface area contributed by atoms with Gasteiger partial charge in [-0.25, -0.2) is 0 Å². The first-order chi connectivity index (χ1) is 45.0. The summed E-state index contributed by atoms with van der Waals surface area (Å²) in [5.74, 6) is 1.04. The summed E-state index contributed by atoms with van der Waals surface area (Å²) in [6.45, 7) is 39.2. The second kappa shape index (κ2) is 47.2. The Labute approximate surface area is 616 Å². The second-order valence-electron chi connectivity index (χ2n) is 23.2. The van der Waals surface area contributed by atoms with Crippen molar-refractivity contribution >= 4 is 92.8 Å². The summed E-state index contributed by atoms with van der Waals surface area (Å²) in [5, 5.41) is 32.1. The van der Waals surface area contributed by atoms with Crippen LogP contribution < -0.4 is 0 Å². The molecule has 0 spiro atoms. The van der Waals surface area contributed by atoms with Crippen LogP contribution in [0.3, 0.4) is 0 Å². The summed E-state index contributed by atoms with van der Waals surface area (Å²) in [6.07, 6.45) is 0. The van der Waals surface area contributed by atoms with Crippen molar-refractivity contribution in [2.24, 2.45) is 0 Å². The van der Waals surface area contributed by atoms with Gasteiger partial charge in [0.05, 0.1) is 10.0 Å². The minimum absolute atomic E-state index is 0.329. The van der Waals surface area contributed by atoms with Crippen LogP contribution in [0.15, 0.2) is 218 Å². The number of phenols is 3. The molecule has 0 radical (unpaired) electrons. The normalized spacial score (nSPS) is 9.53. The Bertz CT molecular complexity index is 3550. The highest BCUT2D eigenvalue weighted by Crippen LogP contribution is 2.25. The largest absolute Gasteiger partial charge is 0.508 e. The van der Waals surface area contributed by atoms with Crippen molar-refractivity contribution in [3.63, 3.8) is 0 Å². The van der Waals surface area contributed by atoms with Gasteiger partial charge in [0.25, 0.3) is 0 Å². The number of aromatic hydroxyl groups is 3. The van der Waals surface area contributed by atoms with E-state index < -0.39 is 0 Å². The molecule has 0 heterocycles. The lowest BCUT2D eigenvalue weighted by molar-refractivity contribution is 0.471. The van der Waals surface area contributed by atoms with E-state index >= 15 is 0 Å². The molecule has 11 aromatic carbocycles. The molecule has 11 aromatic rings. The molecule has 0 bridgehead atoms. The number of para-hydroxylation sites is 1. The van der Waals surface area contributed by atoms with Crippen molar-refractivity contribution < 1.29 is 15.3 Å². The molecular formula is C85H96Cl8O3. The first-order valence-corrected chi connectivity index (χ1v) is 34.1. The quantitative estimate of drug-likeness (QED) is 0.142. The van der Waals surface area contributed by atoms with E-state index in [1.807, 2.05) is 139 Å². The van der Waals surface area contributed by atoms with Gasteiger partial charge < -0.3 is 15.3 Å². The Morgan fingerprint density at radius 2 is 0.573 bits per heavy atom. The number of halogens is 8. The minimum atomic E-state index is 0.329. The zero-order chi connectivity index (χ0) is 72.8. The van der Waals surface area contributed by atoms with Crippen LogP contribution in [-0.4, -0.2) is 15.3 Å². The molecule has 3 N–H and O–H groups in total. The molecule has 0 aliphatic carbocycles. The van der Waals surface area contributed by atoms with Gasteiger partial charge in [-0.1, -0.05) is 249 Å². The van der Waals surface area contributed by atoms with Gasteiger partial charge in [-0.05, 0) is 299 Å². The molecule has 11 heteroatoms. The summed E-state index contributed by atoms with van der Waals surface area (Å²) in [7, 11) is 0. The standard InChI is InChI=1S/4C9H12.4C7H6Cl2.3C7H8O/c2*1-7-4-5-8(2)9(3)6-7;2*1-7-5-4-6-8(2)9(7)3;1-5-4-6(8)2-3-7(5)9;1-5-2-3-6(8)4-7(5)9;1-5-6(8)3-2-4-7(5)9;1-5-3-2-4-6(8)7(5)9;1-6-2-4-7(8)5-3-6;1-6-3-2-4-7(8)5-6;1-6-4-2-3-5-7(6)8/h4*4-6H,1-3H3;4*2-4H,1H3;3*2-5,8H,1H3. The maximum atomic E-state index is 8.92. The van der Waals surface area contributed by atoms with Crippen LogP contribution in [0.25, 0.3) is 0 Å². The smallest absolute Gasteiger partial charge is 0.118 e. The molecule has 0 aliphatic rings. The van der Waals surface area contributed by atoms with Gasteiger partial charge in [0.1, 0.15) is 17.2 Å². The molecule has 0 aliphatic heterocycles. The molecule has 0 saturated carbocycles. The van der Waals surface area contributed by atoms with Crippen LogP contribution in [0.4, 0.5) is 0 Å². The lowest BCUT2D eigenvalue weighted by atomic mass is 10.1. The molecule has 96 heavy (non-hydrogen) atoms. The lowest BCUT2D eigenvalue weighted by Crippen LogP contribution is -1.82. The average molecular weight is 1450 g/mol. The van der Waals surface area contributed by atoms with E-state index in [1.54, 1.807) is 54.6 Å². The third kappa shape index (κ3) is 37.0. The van der Waals surface area contributed by atoms with Crippen LogP contribution in [0, 0.1) is 132 Å². The lowest BCUT2D eigenvalue weighted by Gasteiger charge is -2.00. The number of phenolic OH excluding ortho intramolecular Hbond substituents is 3. The number of aryl methyl sites for hydroxylation is 16. The fraction of sp³-hybridized carbons (Fsp3) is 0.224. The zero-order valence-corrected chi connectivity index (χ0v) is 65.2. The molecule has 0 saturated heterocycles. The fourth-order valence-corrected chi connectivity index (χ4v) is 9.18. The van der Waals surface area contributed by atoms with Gasteiger partial charge in [0.2, 0.25) is 0 Å². The number of hydrogen-bond donors (Lipinski definition) is 3. The SMILES string of the molecule is Cc1c(Cl)cccc1Cl.Cc1cc(Cl)ccc1Cl.Cc1ccc(C)c(C)c1.Cc1ccc(C)c(C)c1.Cc1ccc(Cl)cc1Cl.Cc1ccc(O)cc1.Cc1cccc(C)c1C.Cc1cccc(C)c1C.Cc1cccc(Cl)c1Cl.Cc1cccc(O)c1.Cc1ccccc1O. The Morgan fingerprint density at radius 3 is 0.896 bits per heavy atom. The topological polar surface area (TPSA) is 60.7 Å². The maximum Gasteiger partial charge on any atom is 0.118 e. The molecule has 0 aromatic heterocycles. The Kier molecular flexibility index (Phi) is 42.8. The van der Waals surface area contributed by atoms with Crippen LogP contribution >= 0.6 is 92.8 Å². The van der Waals surface area contributed by atoms with Crippen LogP contribution in [0.2, 0.25) is 40.2 Å². The van der Waals surface area contributed by atoms with Crippen LogP contribution in [0.1, 0.15) is 106 Å². The fourth-order valence-electron chi connectivity index (χ4n) is 7.68. The highest BCUT2D eigenvalue weighted by molar-refractivity contribution is 6.42. The Balaban J connectivity index is 0.000000528. The van der Waals surface area contributed by atoms with E-state index in [0.717, 1.165) is 58.5 Å². The van der Waals surface area contributed by atoms with E-state index in [4.69, 9.17) is 108 Å². The molecule has 0 atom stereocenters. The number of rotatable bonds is 0. The molecule has 0 fully saturated rings. The second-order valence-corrected chi connectivity index (χ2v) is 26.5. The van der Waals surface area contributed by atoms with Gasteiger partial charge in [-0.15, -0.1) is 0 Å². The average Bonchev–Trinajstić information content (AvgIpc) is 3.66. The molecular weight excluding hydrogens is 1350 g/mol. The van der Waals surface area contributed by atoms with E-state index in [-0.39, 0.29) is 0 Å². The number of hydrogen-bond acceptors (Lipinski definition) is 3. The van der Waals surface area contributed by atoms with Crippen molar-refractivity contribution in [2.75, 3.05) is 0 Å². The van der Waals surface area contributed by atoms with Crippen molar-refractivity contribution in [3.05, 3.63) is 364 Å². The van der Waals surface area contributed by atoms with Gasteiger partial charge in [-0.2, -0.15) is 0 Å². The van der Waals surface area contributed by atoms with Gasteiger partial charge in [0.15, 0.2) is 0 Å². The maximum absolute atomic E-state index is 8.92. The van der Waals surface area contributed by atoms with E-state index in [1.165, 1.54) is 72.3 Å². The summed E-state index contributed by atoms with van der Waals surface area (Å²) < 4.78 is 0. The predicted octanol–water partition coefficient (Wildman–Crippen LogP) is 28.8. The van der Waals surface area contributed by atoms with Crippen LogP contribution in [0.5, 0.6) is 17.2 Å². The van der Waals surface area contributed by atoms with E-state index in [2.05, 4.69) is 156 Å². The summed E-state index contributed by atoms with van der Waals surface area (Å²) >= 11 is 45.6. The third-order valence-corrected chi connectivity index (χ3v) is 17.9. The Morgan fingerprint density at radius 1 is 0.198 bits per heavy atom. The first-order valence-electron chi connectivity index (χ1n) is 31.1. The van der Waals surface area contributed by atoms with Gasteiger partial charge >= 0.3 is 0 Å². The highest BCUT2D eigenvalue weighted by atomic mass is 35.5. The first kappa shape index (κ1) is 87.2. The molecule has 3 nitrogen and oxygen atoms in total. The molecule has 510 valence electrons. The number of benzene rings is 11. The molecule has 0 amide bonds. The van der Waals surface area contributed by atoms with Crippen molar-refractivity contribution in [3.8, 4) is 17.2 Å². The highest BCUT2D eigenvalue weighted by Gasteiger charge is 2.00. The summed E-state index contributed by atoms with van der Waals surface area (Å²) in [6, 6.07) is 69.2. The summed E-state index contributed by atoms with van der Waals surface area (Å²) in [4.78, 5) is 0. The van der Waals surface area contributed by atoms with E-state index in [9.17, 15) is 0 Å². The summed E-state index contributed by atoms with van der Waals surface area (Å²) in [5.41, 5.74) is 23.8. The monoisotopic (exact) mass is 1440 g/mol. The molecule has 11 rings (SSSR count).